The SMILES string of the molecule is Cc1ccccc1NC(=O)c1cc2ccccc2cc1OCC(=O)N(C)c1ccccc1. The lowest BCUT2D eigenvalue weighted by Crippen LogP contribution is -2.31. The molecule has 0 aliphatic rings. The average Bonchev–Trinajstić information content (AvgIpc) is 2.83. The quantitative estimate of drug-likeness (QED) is 0.448. The van der Waals surface area contributed by atoms with Gasteiger partial charge in [-0.2, -0.15) is 0 Å². The summed E-state index contributed by atoms with van der Waals surface area (Å²) in [5.41, 5.74) is 2.85. The van der Waals surface area contributed by atoms with Crippen molar-refractivity contribution in [3.63, 3.8) is 0 Å². The molecule has 0 bridgehead atoms. The molecule has 2 amide bonds. The zero-order valence-corrected chi connectivity index (χ0v) is 18.0. The molecule has 0 radical (unpaired) electrons. The number of rotatable bonds is 6. The fourth-order valence-corrected chi connectivity index (χ4v) is 3.45. The Morgan fingerprint density at radius 3 is 2.19 bits per heavy atom. The average molecular weight is 425 g/mol. The maximum Gasteiger partial charge on any atom is 0.264 e. The Morgan fingerprint density at radius 1 is 0.844 bits per heavy atom. The van der Waals surface area contributed by atoms with Gasteiger partial charge < -0.3 is 15.0 Å². The molecule has 1 N–H and O–H groups in total. The number of anilines is 2. The Labute approximate surface area is 187 Å². The second kappa shape index (κ2) is 9.35. The summed E-state index contributed by atoms with van der Waals surface area (Å²) >= 11 is 0. The van der Waals surface area contributed by atoms with E-state index in [9.17, 15) is 9.59 Å². The molecule has 4 aromatic carbocycles. The summed E-state index contributed by atoms with van der Waals surface area (Å²) in [6, 6.07) is 28.3. The standard InChI is InChI=1S/C27H24N2O3/c1-19-10-6-9-15-24(19)28-27(31)23-16-20-11-7-8-12-21(20)17-25(23)32-18-26(30)29(2)22-13-4-3-5-14-22/h3-17H,18H2,1-2H3,(H,28,31). The topological polar surface area (TPSA) is 58.6 Å². The lowest BCUT2D eigenvalue weighted by Gasteiger charge is -2.19. The lowest BCUT2D eigenvalue weighted by molar-refractivity contribution is -0.120. The van der Waals surface area contributed by atoms with Crippen LogP contribution in [0, 0.1) is 6.92 Å². The van der Waals surface area contributed by atoms with Gasteiger partial charge in [0.25, 0.3) is 11.8 Å². The number of hydrogen-bond donors (Lipinski definition) is 1. The van der Waals surface area contributed by atoms with Crippen LogP contribution in [0.3, 0.4) is 0 Å². The van der Waals surface area contributed by atoms with Crippen LogP contribution >= 0.6 is 0 Å². The Morgan fingerprint density at radius 2 is 1.47 bits per heavy atom. The minimum Gasteiger partial charge on any atom is -0.483 e. The molecule has 32 heavy (non-hydrogen) atoms. The maximum atomic E-state index is 13.1. The third-order valence-electron chi connectivity index (χ3n) is 5.35. The van der Waals surface area contributed by atoms with E-state index in [1.807, 2.05) is 85.8 Å². The highest BCUT2D eigenvalue weighted by atomic mass is 16.5. The molecule has 0 spiro atoms. The van der Waals surface area contributed by atoms with Crippen molar-refractivity contribution < 1.29 is 14.3 Å². The van der Waals surface area contributed by atoms with Crippen LogP contribution in [0.4, 0.5) is 11.4 Å². The molecular weight excluding hydrogens is 400 g/mol. The second-order valence-corrected chi connectivity index (χ2v) is 7.54. The third-order valence-corrected chi connectivity index (χ3v) is 5.35. The molecule has 5 nitrogen and oxygen atoms in total. The van der Waals surface area contributed by atoms with E-state index in [1.165, 1.54) is 4.90 Å². The number of hydrogen-bond acceptors (Lipinski definition) is 3. The van der Waals surface area contributed by atoms with Crippen LogP contribution in [0.2, 0.25) is 0 Å². The van der Waals surface area contributed by atoms with Crippen LogP contribution in [-0.2, 0) is 4.79 Å². The molecule has 5 heteroatoms. The predicted octanol–water partition coefficient (Wildman–Crippen LogP) is 5.44. The highest BCUT2D eigenvalue weighted by molar-refractivity contribution is 6.09. The van der Waals surface area contributed by atoms with E-state index >= 15 is 0 Å². The van der Waals surface area contributed by atoms with Gasteiger partial charge in [0, 0.05) is 18.4 Å². The number of nitrogens with zero attached hydrogens (tertiary/aromatic N) is 1. The molecule has 0 heterocycles. The first kappa shape index (κ1) is 21.1. The van der Waals surface area contributed by atoms with Crippen molar-refractivity contribution in [2.45, 2.75) is 6.92 Å². The molecule has 0 saturated carbocycles. The zero-order chi connectivity index (χ0) is 22.5. The Kier molecular flexibility index (Phi) is 6.17. The monoisotopic (exact) mass is 424 g/mol. The number of carbonyl (C=O) groups is 2. The molecule has 4 rings (SSSR count). The first-order valence-corrected chi connectivity index (χ1v) is 10.4. The van der Waals surface area contributed by atoms with Crippen molar-refractivity contribution in [1.29, 1.82) is 0 Å². The molecule has 0 unspecified atom stereocenters. The van der Waals surface area contributed by atoms with Crippen LogP contribution in [-0.4, -0.2) is 25.5 Å². The lowest BCUT2D eigenvalue weighted by atomic mass is 10.0. The summed E-state index contributed by atoms with van der Waals surface area (Å²) in [5.74, 6) is -0.136. The molecule has 160 valence electrons. The number of aryl methyl sites for hydroxylation is 1. The number of carbonyl (C=O) groups excluding carboxylic acids is 2. The Hall–Kier alpha value is -4.12. The van der Waals surface area contributed by atoms with Crippen LogP contribution in [0.15, 0.2) is 91.0 Å². The van der Waals surface area contributed by atoms with Crippen LogP contribution in [0.1, 0.15) is 15.9 Å². The van der Waals surface area contributed by atoms with Crippen molar-refractivity contribution in [2.75, 3.05) is 23.9 Å². The van der Waals surface area contributed by atoms with Gasteiger partial charge >= 0.3 is 0 Å². The van der Waals surface area contributed by atoms with Crippen molar-refractivity contribution in [2.24, 2.45) is 0 Å². The largest absolute Gasteiger partial charge is 0.483 e. The molecule has 0 aromatic heterocycles. The Bertz CT molecular complexity index is 1270. The second-order valence-electron chi connectivity index (χ2n) is 7.54. The van der Waals surface area contributed by atoms with Gasteiger partial charge in [0.2, 0.25) is 0 Å². The summed E-state index contributed by atoms with van der Waals surface area (Å²) in [5, 5.41) is 4.80. The zero-order valence-electron chi connectivity index (χ0n) is 18.0. The van der Waals surface area contributed by atoms with Crippen molar-refractivity contribution in [3.8, 4) is 5.75 Å². The highest BCUT2D eigenvalue weighted by Gasteiger charge is 2.18. The van der Waals surface area contributed by atoms with Gasteiger partial charge in [0.1, 0.15) is 5.75 Å². The van der Waals surface area contributed by atoms with E-state index in [2.05, 4.69) is 5.32 Å². The molecular formula is C27H24N2O3. The minimum absolute atomic E-state index is 0.186. The molecule has 0 fully saturated rings. The predicted molar refractivity (Wildman–Crippen MR) is 128 cm³/mol. The van der Waals surface area contributed by atoms with Crippen LogP contribution in [0.25, 0.3) is 10.8 Å². The number of nitrogens with one attached hydrogen (secondary N) is 1. The van der Waals surface area contributed by atoms with Gasteiger partial charge in [-0.1, -0.05) is 60.7 Å². The van der Waals surface area contributed by atoms with E-state index < -0.39 is 0 Å². The van der Waals surface area contributed by atoms with Crippen LogP contribution in [0.5, 0.6) is 5.75 Å². The summed E-state index contributed by atoms with van der Waals surface area (Å²) in [6.45, 7) is 1.75. The number of para-hydroxylation sites is 2. The van der Waals surface area contributed by atoms with E-state index in [4.69, 9.17) is 4.74 Å². The van der Waals surface area contributed by atoms with E-state index in [0.29, 0.717) is 11.3 Å². The first-order chi connectivity index (χ1) is 15.5. The van der Waals surface area contributed by atoms with Gasteiger partial charge in [-0.05, 0) is 53.6 Å². The smallest absolute Gasteiger partial charge is 0.264 e. The van der Waals surface area contributed by atoms with Gasteiger partial charge in [-0.3, -0.25) is 9.59 Å². The number of likely N-dealkylation sites (N-methyl/N-ethyl adjacent to an activating group) is 1. The van der Waals surface area contributed by atoms with Gasteiger partial charge in [0.05, 0.1) is 5.56 Å². The molecule has 4 aromatic rings. The van der Waals surface area contributed by atoms with E-state index in [0.717, 1.165) is 27.7 Å². The number of amides is 2. The van der Waals surface area contributed by atoms with Crippen molar-refractivity contribution in [1.82, 2.24) is 0 Å². The molecule has 0 aliphatic carbocycles. The summed E-state index contributed by atoms with van der Waals surface area (Å²) in [6.07, 6.45) is 0. The first-order valence-electron chi connectivity index (χ1n) is 10.4. The molecule has 0 atom stereocenters. The summed E-state index contributed by atoms with van der Waals surface area (Å²) in [4.78, 5) is 27.4. The minimum atomic E-state index is -0.288. The normalized spacial score (nSPS) is 10.6. The number of ether oxygens (including phenoxy) is 1. The van der Waals surface area contributed by atoms with E-state index in [1.54, 1.807) is 19.2 Å². The summed E-state index contributed by atoms with van der Waals surface area (Å²) < 4.78 is 5.89. The van der Waals surface area contributed by atoms with E-state index in [-0.39, 0.29) is 18.4 Å². The van der Waals surface area contributed by atoms with Crippen molar-refractivity contribution in [3.05, 3.63) is 102 Å². The maximum absolute atomic E-state index is 13.1. The van der Waals surface area contributed by atoms with Crippen LogP contribution < -0.4 is 15.0 Å². The van der Waals surface area contributed by atoms with Gasteiger partial charge in [-0.25, -0.2) is 0 Å². The Balaban J connectivity index is 1.60. The molecule has 0 aliphatic heterocycles. The van der Waals surface area contributed by atoms with Gasteiger partial charge in [-0.15, -0.1) is 0 Å². The summed E-state index contributed by atoms with van der Waals surface area (Å²) in [7, 11) is 1.70. The number of benzene rings is 4. The fraction of sp³-hybridized carbons (Fsp3) is 0.111. The highest BCUT2D eigenvalue weighted by Crippen LogP contribution is 2.28. The number of fused-ring (bicyclic) bond motifs is 1. The van der Waals surface area contributed by atoms with Gasteiger partial charge in [0.15, 0.2) is 6.61 Å². The fourth-order valence-electron chi connectivity index (χ4n) is 3.45. The third kappa shape index (κ3) is 4.62. The molecule has 0 saturated heterocycles. The van der Waals surface area contributed by atoms with Crippen molar-refractivity contribution >= 4 is 34.0 Å².